The lowest BCUT2D eigenvalue weighted by Gasteiger charge is -2.37. The van der Waals surface area contributed by atoms with Crippen molar-refractivity contribution in [1.82, 2.24) is 14.7 Å². The summed E-state index contributed by atoms with van der Waals surface area (Å²) in [5.41, 5.74) is 6.68. The summed E-state index contributed by atoms with van der Waals surface area (Å²) in [4.78, 5) is 17.6. The number of hydrogen-bond donors (Lipinski definition) is 0. The van der Waals surface area contributed by atoms with Crippen molar-refractivity contribution in [2.75, 3.05) is 31.1 Å². The quantitative estimate of drug-likeness (QED) is 0.415. The van der Waals surface area contributed by atoms with Crippen molar-refractivity contribution in [3.63, 3.8) is 0 Å². The van der Waals surface area contributed by atoms with E-state index in [-0.39, 0.29) is 5.91 Å². The van der Waals surface area contributed by atoms with Gasteiger partial charge >= 0.3 is 0 Å². The predicted molar refractivity (Wildman–Crippen MR) is 134 cm³/mol. The van der Waals surface area contributed by atoms with Gasteiger partial charge in [-0.15, -0.1) is 0 Å². The van der Waals surface area contributed by atoms with Crippen LogP contribution in [-0.4, -0.2) is 46.8 Å². The number of anilines is 1. The van der Waals surface area contributed by atoms with Gasteiger partial charge in [-0.05, 0) is 60.9 Å². The van der Waals surface area contributed by atoms with E-state index >= 15 is 0 Å². The van der Waals surface area contributed by atoms with Crippen LogP contribution < -0.4 is 4.90 Å². The van der Waals surface area contributed by atoms with Crippen LogP contribution in [0.5, 0.6) is 0 Å². The molecule has 3 aromatic carbocycles. The molecule has 5 rings (SSSR count). The normalized spacial score (nSPS) is 14.2. The molecule has 6 heteroatoms. The molecule has 0 atom stereocenters. The van der Waals surface area contributed by atoms with Crippen LogP contribution in [0, 0.1) is 13.8 Å². The number of carbonyl (C=O) groups is 1. The second-order valence-corrected chi connectivity index (χ2v) is 9.14. The lowest BCUT2D eigenvalue weighted by Crippen LogP contribution is -2.49. The van der Waals surface area contributed by atoms with Crippen molar-refractivity contribution in [2.24, 2.45) is 0 Å². The average molecular weight is 459 g/mol. The minimum atomic E-state index is 0.0803. The van der Waals surface area contributed by atoms with E-state index in [1.54, 1.807) is 0 Å². The van der Waals surface area contributed by atoms with Crippen molar-refractivity contribution >= 4 is 34.1 Å². The molecule has 0 saturated carbocycles. The Hall–Kier alpha value is -3.31. The summed E-state index contributed by atoms with van der Waals surface area (Å²) in [5.74, 6) is 0.0803. The van der Waals surface area contributed by atoms with Gasteiger partial charge in [0.05, 0.1) is 18.3 Å². The van der Waals surface area contributed by atoms with E-state index in [0.29, 0.717) is 25.2 Å². The standard InChI is InChI=1S/C27H27ClN4O/c1-19-4-3-5-25(20(19)2)30-12-14-31(15-13-30)27(33)22-8-9-23-17-29-32(26(23)16-22)18-21-6-10-24(28)11-7-21/h3-11,16-17H,12-15,18H2,1-2H3. The number of hydrogen-bond acceptors (Lipinski definition) is 3. The zero-order valence-corrected chi connectivity index (χ0v) is 19.7. The summed E-state index contributed by atoms with van der Waals surface area (Å²) in [5, 5.41) is 6.28. The highest BCUT2D eigenvalue weighted by atomic mass is 35.5. The minimum Gasteiger partial charge on any atom is -0.368 e. The van der Waals surface area contributed by atoms with Gasteiger partial charge in [-0.2, -0.15) is 5.10 Å². The van der Waals surface area contributed by atoms with E-state index in [0.717, 1.165) is 34.6 Å². The van der Waals surface area contributed by atoms with Crippen molar-refractivity contribution in [1.29, 1.82) is 0 Å². The number of rotatable bonds is 4. The summed E-state index contributed by atoms with van der Waals surface area (Å²) < 4.78 is 1.94. The molecule has 0 spiro atoms. The fraction of sp³-hybridized carbons (Fsp3) is 0.259. The Balaban J connectivity index is 1.31. The van der Waals surface area contributed by atoms with Gasteiger partial charge in [0, 0.05) is 47.8 Å². The number of piperazine rings is 1. The van der Waals surface area contributed by atoms with Gasteiger partial charge in [0.1, 0.15) is 0 Å². The molecule has 168 valence electrons. The molecule has 0 bridgehead atoms. The molecule has 1 amide bonds. The Morgan fingerprint density at radius 3 is 2.48 bits per heavy atom. The third-order valence-electron chi connectivity index (χ3n) is 6.62. The maximum Gasteiger partial charge on any atom is 0.254 e. The van der Waals surface area contributed by atoms with Gasteiger partial charge in [0.15, 0.2) is 0 Å². The molecule has 0 radical (unpaired) electrons. The maximum absolute atomic E-state index is 13.3. The molecular weight excluding hydrogens is 432 g/mol. The Kier molecular flexibility index (Phi) is 5.81. The maximum atomic E-state index is 13.3. The molecule has 1 saturated heterocycles. The van der Waals surface area contributed by atoms with Crippen LogP contribution in [0.25, 0.3) is 10.9 Å². The summed E-state index contributed by atoms with van der Waals surface area (Å²) in [6, 6.07) is 20.1. The second kappa shape index (κ2) is 8.91. The van der Waals surface area contributed by atoms with Gasteiger partial charge in [0.25, 0.3) is 5.91 Å². The van der Waals surface area contributed by atoms with Crippen LogP contribution in [0.2, 0.25) is 5.02 Å². The van der Waals surface area contributed by atoms with Gasteiger partial charge in [-0.25, -0.2) is 0 Å². The Labute approximate surface area is 199 Å². The van der Waals surface area contributed by atoms with E-state index in [2.05, 4.69) is 42.0 Å². The van der Waals surface area contributed by atoms with Crippen LogP contribution in [0.1, 0.15) is 27.0 Å². The molecular formula is C27H27ClN4O. The largest absolute Gasteiger partial charge is 0.368 e. The molecule has 33 heavy (non-hydrogen) atoms. The Morgan fingerprint density at radius 2 is 1.73 bits per heavy atom. The number of aryl methyl sites for hydroxylation is 1. The first kappa shape index (κ1) is 21.5. The molecule has 1 aromatic heterocycles. The predicted octanol–water partition coefficient (Wildman–Crippen LogP) is 5.32. The van der Waals surface area contributed by atoms with Gasteiger partial charge in [0.2, 0.25) is 0 Å². The highest BCUT2D eigenvalue weighted by Crippen LogP contribution is 2.25. The summed E-state index contributed by atoms with van der Waals surface area (Å²) in [7, 11) is 0. The topological polar surface area (TPSA) is 41.4 Å². The SMILES string of the molecule is Cc1cccc(N2CCN(C(=O)c3ccc4cnn(Cc5ccc(Cl)cc5)c4c3)CC2)c1C. The molecule has 1 aliphatic rings. The van der Waals surface area contributed by atoms with Crippen LogP contribution in [0.3, 0.4) is 0 Å². The first-order chi connectivity index (χ1) is 16.0. The van der Waals surface area contributed by atoms with E-state index in [1.807, 2.05) is 58.2 Å². The van der Waals surface area contributed by atoms with Crippen LogP contribution in [0.4, 0.5) is 5.69 Å². The van der Waals surface area contributed by atoms with Gasteiger partial charge in [-0.3, -0.25) is 9.48 Å². The molecule has 5 nitrogen and oxygen atoms in total. The van der Waals surface area contributed by atoms with E-state index in [4.69, 9.17) is 11.6 Å². The Bertz CT molecular complexity index is 1300. The molecule has 1 aliphatic heterocycles. The van der Waals surface area contributed by atoms with Crippen LogP contribution >= 0.6 is 11.6 Å². The van der Waals surface area contributed by atoms with Crippen LogP contribution in [-0.2, 0) is 6.54 Å². The average Bonchev–Trinajstić information content (AvgIpc) is 3.24. The number of fused-ring (bicyclic) bond motifs is 1. The number of halogens is 1. The van der Waals surface area contributed by atoms with Gasteiger partial charge < -0.3 is 9.80 Å². The highest BCUT2D eigenvalue weighted by Gasteiger charge is 2.23. The van der Waals surface area contributed by atoms with Crippen molar-refractivity contribution in [3.8, 4) is 0 Å². The first-order valence-corrected chi connectivity index (χ1v) is 11.7. The van der Waals surface area contributed by atoms with Crippen molar-refractivity contribution in [3.05, 3.63) is 94.1 Å². The molecule has 0 unspecified atom stereocenters. The van der Waals surface area contributed by atoms with Crippen molar-refractivity contribution in [2.45, 2.75) is 20.4 Å². The zero-order valence-electron chi connectivity index (χ0n) is 19.0. The second-order valence-electron chi connectivity index (χ2n) is 8.70. The van der Waals surface area contributed by atoms with E-state index in [9.17, 15) is 4.79 Å². The Morgan fingerprint density at radius 1 is 0.970 bits per heavy atom. The molecule has 1 fully saturated rings. The molecule has 0 aliphatic carbocycles. The third-order valence-corrected chi connectivity index (χ3v) is 6.87. The van der Waals surface area contributed by atoms with Gasteiger partial charge in [-0.1, -0.05) is 41.9 Å². The summed E-state index contributed by atoms with van der Waals surface area (Å²) in [6.07, 6.45) is 1.85. The summed E-state index contributed by atoms with van der Waals surface area (Å²) >= 11 is 6.01. The van der Waals surface area contributed by atoms with Crippen LogP contribution in [0.15, 0.2) is 66.9 Å². The number of carbonyl (C=O) groups excluding carboxylic acids is 1. The number of nitrogens with zero attached hydrogens (tertiary/aromatic N) is 4. The molecule has 2 heterocycles. The number of benzene rings is 3. The summed E-state index contributed by atoms with van der Waals surface area (Å²) in [6.45, 7) is 8.06. The smallest absolute Gasteiger partial charge is 0.254 e. The highest BCUT2D eigenvalue weighted by molar-refractivity contribution is 6.30. The minimum absolute atomic E-state index is 0.0803. The molecule has 4 aromatic rings. The fourth-order valence-corrected chi connectivity index (χ4v) is 4.63. The lowest BCUT2D eigenvalue weighted by molar-refractivity contribution is 0.0747. The number of aromatic nitrogens is 2. The third kappa shape index (κ3) is 4.33. The molecule has 0 N–H and O–H groups in total. The van der Waals surface area contributed by atoms with E-state index in [1.165, 1.54) is 16.8 Å². The fourth-order valence-electron chi connectivity index (χ4n) is 4.50. The van der Waals surface area contributed by atoms with E-state index < -0.39 is 0 Å². The monoisotopic (exact) mass is 458 g/mol. The van der Waals surface area contributed by atoms with Crippen molar-refractivity contribution < 1.29 is 4.79 Å². The number of amides is 1. The first-order valence-electron chi connectivity index (χ1n) is 11.3. The zero-order chi connectivity index (χ0) is 22.9. The lowest BCUT2D eigenvalue weighted by atomic mass is 10.1.